The molecule has 4 nitrogen and oxygen atoms in total. The Morgan fingerprint density at radius 1 is 1.35 bits per heavy atom. The maximum atomic E-state index is 12.5. The van der Waals surface area contributed by atoms with Gasteiger partial charge in [0.2, 0.25) is 5.91 Å². The lowest BCUT2D eigenvalue weighted by molar-refractivity contribution is -0.145. The lowest BCUT2D eigenvalue weighted by atomic mass is 9.74. The maximum Gasteiger partial charge on any atom is 0.230 e. The topological polar surface area (TPSA) is 55.6 Å². The van der Waals surface area contributed by atoms with Crippen molar-refractivity contribution >= 4 is 5.91 Å². The van der Waals surface area contributed by atoms with Crippen LogP contribution in [0.25, 0.3) is 0 Å². The SMILES string of the molecule is CC1OCCC1N(C)C(=O)C(C)(C)C(C)(C)N. The molecule has 0 aromatic rings. The van der Waals surface area contributed by atoms with E-state index in [4.69, 9.17) is 10.5 Å². The highest BCUT2D eigenvalue weighted by Gasteiger charge is 2.44. The lowest BCUT2D eigenvalue weighted by Gasteiger charge is -2.41. The zero-order chi connectivity index (χ0) is 13.4. The van der Waals surface area contributed by atoms with Crippen LogP contribution in [-0.4, -0.2) is 42.1 Å². The van der Waals surface area contributed by atoms with Gasteiger partial charge in [-0.2, -0.15) is 0 Å². The Balaban J connectivity index is 2.83. The number of rotatable bonds is 3. The third-order valence-corrected chi connectivity index (χ3v) is 4.30. The third-order valence-electron chi connectivity index (χ3n) is 4.30. The number of amides is 1. The second kappa shape index (κ2) is 4.58. The van der Waals surface area contributed by atoms with Crippen LogP contribution in [0.2, 0.25) is 0 Å². The molecule has 2 unspecified atom stereocenters. The zero-order valence-electron chi connectivity index (χ0n) is 11.9. The first-order valence-electron chi connectivity index (χ1n) is 6.27. The number of carbonyl (C=O) groups is 1. The van der Waals surface area contributed by atoms with E-state index in [1.165, 1.54) is 0 Å². The van der Waals surface area contributed by atoms with Crippen LogP contribution in [0.15, 0.2) is 0 Å². The second-order valence-electron chi connectivity index (χ2n) is 6.19. The number of likely N-dealkylation sites (N-methyl/N-ethyl adjacent to an activating group) is 1. The third kappa shape index (κ3) is 2.63. The Bertz CT molecular complexity index is 294. The average molecular weight is 242 g/mol. The molecular weight excluding hydrogens is 216 g/mol. The molecule has 1 aliphatic rings. The van der Waals surface area contributed by atoms with Gasteiger partial charge in [0.25, 0.3) is 0 Å². The monoisotopic (exact) mass is 242 g/mol. The Morgan fingerprint density at radius 2 is 1.88 bits per heavy atom. The van der Waals surface area contributed by atoms with E-state index in [-0.39, 0.29) is 18.1 Å². The van der Waals surface area contributed by atoms with Gasteiger partial charge in [-0.15, -0.1) is 0 Å². The predicted octanol–water partition coefficient (Wildman–Crippen LogP) is 1.39. The normalized spacial score (nSPS) is 26.1. The fourth-order valence-electron chi connectivity index (χ4n) is 2.10. The van der Waals surface area contributed by atoms with Crippen LogP contribution in [-0.2, 0) is 9.53 Å². The summed E-state index contributed by atoms with van der Waals surface area (Å²) in [4.78, 5) is 14.3. The smallest absolute Gasteiger partial charge is 0.230 e. The minimum absolute atomic E-state index is 0.0901. The Labute approximate surface area is 104 Å². The fourth-order valence-corrected chi connectivity index (χ4v) is 2.10. The number of carbonyl (C=O) groups excluding carboxylic acids is 1. The molecule has 4 heteroatoms. The van der Waals surface area contributed by atoms with Crippen molar-refractivity contribution in [2.75, 3.05) is 13.7 Å². The summed E-state index contributed by atoms with van der Waals surface area (Å²) >= 11 is 0. The van der Waals surface area contributed by atoms with Crippen molar-refractivity contribution in [2.45, 2.75) is 58.7 Å². The van der Waals surface area contributed by atoms with Crippen molar-refractivity contribution in [2.24, 2.45) is 11.1 Å². The zero-order valence-corrected chi connectivity index (χ0v) is 11.9. The van der Waals surface area contributed by atoms with Crippen molar-refractivity contribution in [3.8, 4) is 0 Å². The number of ether oxygens (including phenoxy) is 1. The molecule has 1 aliphatic heterocycles. The molecule has 2 atom stereocenters. The molecule has 0 aromatic heterocycles. The molecule has 0 saturated carbocycles. The van der Waals surface area contributed by atoms with E-state index in [1.54, 1.807) is 0 Å². The van der Waals surface area contributed by atoms with Gasteiger partial charge in [0.1, 0.15) is 0 Å². The molecule has 0 aromatic carbocycles. The summed E-state index contributed by atoms with van der Waals surface area (Å²) in [5.41, 5.74) is 4.99. The Kier molecular flexibility index (Phi) is 3.89. The van der Waals surface area contributed by atoms with Crippen LogP contribution in [0.4, 0.5) is 0 Å². The number of nitrogens with zero attached hydrogens (tertiary/aromatic N) is 1. The van der Waals surface area contributed by atoms with E-state index < -0.39 is 11.0 Å². The van der Waals surface area contributed by atoms with Gasteiger partial charge in [0.05, 0.1) is 17.6 Å². The average Bonchev–Trinajstić information content (AvgIpc) is 2.60. The van der Waals surface area contributed by atoms with E-state index in [2.05, 4.69) is 0 Å². The highest BCUT2D eigenvalue weighted by Crippen LogP contribution is 2.32. The van der Waals surface area contributed by atoms with Crippen LogP contribution in [0, 0.1) is 5.41 Å². The highest BCUT2D eigenvalue weighted by atomic mass is 16.5. The predicted molar refractivity (Wildman–Crippen MR) is 68.6 cm³/mol. The van der Waals surface area contributed by atoms with Gasteiger partial charge in [-0.25, -0.2) is 0 Å². The first-order valence-corrected chi connectivity index (χ1v) is 6.27. The van der Waals surface area contributed by atoms with Gasteiger partial charge in [0, 0.05) is 19.2 Å². The second-order valence-corrected chi connectivity index (χ2v) is 6.19. The van der Waals surface area contributed by atoms with Gasteiger partial charge >= 0.3 is 0 Å². The van der Waals surface area contributed by atoms with E-state index in [0.29, 0.717) is 0 Å². The van der Waals surface area contributed by atoms with Crippen molar-refractivity contribution in [3.63, 3.8) is 0 Å². The Morgan fingerprint density at radius 3 is 2.24 bits per heavy atom. The van der Waals surface area contributed by atoms with Gasteiger partial charge in [-0.05, 0) is 41.0 Å². The van der Waals surface area contributed by atoms with E-state index in [1.807, 2.05) is 46.6 Å². The van der Waals surface area contributed by atoms with Crippen molar-refractivity contribution in [1.29, 1.82) is 0 Å². The van der Waals surface area contributed by atoms with E-state index in [0.717, 1.165) is 13.0 Å². The van der Waals surface area contributed by atoms with E-state index in [9.17, 15) is 4.79 Å². The first kappa shape index (κ1) is 14.5. The molecule has 1 rings (SSSR count). The molecule has 100 valence electrons. The molecule has 1 saturated heterocycles. The lowest BCUT2D eigenvalue weighted by Crippen LogP contribution is -2.58. The summed E-state index contributed by atoms with van der Waals surface area (Å²) in [6, 6.07) is 0.170. The summed E-state index contributed by atoms with van der Waals surface area (Å²) in [6.07, 6.45) is 1.02. The summed E-state index contributed by atoms with van der Waals surface area (Å²) in [5, 5.41) is 0. The summed E-state index contributed by atoms with van der Waals surface area (Å²) in [7, 11) is 1.85. The van der Waals surface area contributed by atoms with Gasteiger partial charge < -0.3 is 15.4 Å². The number of nitrogens with two attached hydrogens (primary N) is 1. The minimum Gasteiger partial charge on any atom is -0.376 e. The van der Waals surface area contributed by atoms with Gasteiger partial charge in [-0.3, -0.25) is 4.79 Å². The van der Waals surface area contributed by atoms with Crippen LogP contribution in [0.1, 0.15) is 41.0 Å². The first-order chi connectivity index (χ1) is 7.59. The number of hydrogen-bond acceptors (Lipinski definition) is 3. The highest BCUT2D eigenvalue weighted by molar-refractivity contribution is 5.83. The van der Waals surface area contributed by atoms with Crippen LogP contribution < -0.4 is 5.73 Å². The standard InChI is InChI=1S/C13H26N2O2/c1-9-10(7-8-17-9)15(6)11(16)12(2,3)13(4,5)14/h9-10H,7-8,14H2,1-6H3. The molecule has 0 bridgehead atoms. The van der Waals surface area contributed by atoms with Crippen LogP contribution >= 0.6 is 0 Å². The summed E-state index contributed by atoms with van der Waals surface area (Å²) in [6.45, 7) is 10.4. The maximum absolute atomic E-state index is 12.5. The molecule has 1 amide bonds. The molecule has 1 fully saturated rings. The van der Waals surface area contributed by atoms with Crippen molar-refractivity contribution in [1.82, 2.24) is 4.90 Å². The number of hydrogen-bond donors (Lipinski definition) is 1. The molecule has 1 heterocycles. The minimum atomic E-state index is -0.579. The largest absolute Gasteiger partial charge is 0.376 e. The van der Waals surface area contributed by atoms with Crippen LogP contribution in [0.5, 0.6) is 0 Å². The van der Waals surface area contributed by atoms with Gasteiger partial charge in [-0.1, -0.05) is 0 Å². The molecule has 0 aliphatic carbocycles. The quantitative estimate of drug-likeness (QED) is 0.813. The molecule has 0 spiro atoms. The van der Waals surface area contributed by atoms with Crippen molar-refractivity contribution < 1.29 is 9.53 Å². The van der Waals surface area contributed by atoms with Crippen molar-refractivity contribution in [3.05, 3.63) is 0 Å². The molecule has 17 heavy (non-hydrogen) atoms. The summed E-state index contributed by atoms with van der Waals surface area (Å²) in [5.74, 6) is 0.0901. The Hall–Kier alpha value is -0.610. The van der Waals surface area contributed by atoms with Crippen LogP contribution in [0.3, 0.4) is 0 Å². The van der Waals surface area contributed by atoms with Gasteiger partial charge in [0.15, 0.2) is 0 Å². The molecule has 2 N–H and O–H groups in total. The van der Waals surface area contributed by atoms with E-state index >= 15 is 0 Å². The molecular formula is C13H26N2O2. The summed E-state index contributed by atoms with van der Waals surface area (Å²) < 4.78 is 5.51. The molecule has 0 radical (unpaired) electrons. The fraction of sp³-hybridized carbons (Fsp3) is 0.923.